The molecule has 3 aromatic rings. The summed E-state index contributed by atoms with van der Waals surface area (Å²) in [7, 11) is 3.06. The Bertz CT molecular complexity index is 1290. The summed E-state index contributed by atoms with van der Waals surface area (Å²) in [5.74, 6) is 1.41. The SMILES string of the molecule is COc1ccc(Cn2c(=O)c3cc(OCC(O)CO)ccc3n(C3CCOCC3)c2=O)cc1OC. The van der Waals surface area contributed by atoms with Gasteiger partial charge in [0.25, 0.3) is 5.56 Å². The summed E-state index contributed by atoms with van der Waals surface area (Å²) in [5.41, 5.74) is 0.383. The van der Waals surface area contributed by atoms with Gasteiger partial charge in [0, 0.05) is 19.3 Å². The van der Waals surface area contributed by atoms with E-state index in [1.54, 1.807) is 41.0 Å². The maximum Gasteiger partial charge on any atom is 0.332 e. The van der Waals surface area contributed by atoms with Crippen molar-refractivity contribution < 1.29 is 29.2 Å². The lowest BCUT2D eigenvalue weighted by Crippen LogP contribution is -2.42. The van der Waals surface area contributed by atoms with Gasteiger partial charge in [0.05, 0.1) is 38.3 Å². The largest absolute Gasteiger partial charge is 0.493 e. The maximum absolute atomic E-state index is 13.7. The van der Waals surface area contributed by atoms with Crippen molar-refractivity contribution in [2.24, 2.45) is 0 Å². The zero-order valence-corrected chi connectivity index (χ0v) is 19.8. The molecule has 0 saturated carbocycles. The summed E-state index contributed by atoms with van der Waals surface area (Å²) < 4.78 is 24.6. The molecule has 10 heteroatoms. The van der Waals surface area contributed by atoms with Gasteiger partial charge in [-0.1, -0.05) is 6.07 Å². The van der Waals surface area contributed by atoms with E-state index in [1.165, 1.54) is 18.8 Å². The molecule has 0 aliphatic carbocycles. The van der Waals surface area contributed by atoms with E-state index >= 15 is 0 Å². The zero-order valence-electron chi connectivity index (χ0n) is 19.8. The van der Waals surface area contributed by atoms with E-state index in [0.29, 0.717) is 59.8 Å². The number of rotatable bonds is 9. The van der Waals surface area contributed by atoms with Gasteiger partial charge in [0.1, 0.15) is 18.5 Å². The molecule has 2 heterocycles. The molecule has 188 valence electrons. The third-order valence-electron chi connectivity index (χ3n) is 6.14. The Labute approximate surface area is 201 Å². The average molecular weight is 487 g/mol. The molecule has 1 aliphatic heterocycles. The van der Waals surface area contributed by atoms with Gasteiger partial charge in [-0.15, -0.1) is 0 Å². The highest BCUT2D eigenvalue weighted by Crippen LogP contribution is 2.28. The second-order valence-electron chi connectivity index (χ2n) is 8.40. The summed E-state index contributed by atoms with van der Waals surface area (Å²) in [6.07, 6.45) is 0.276. The highest BCUT2D eigenvalue weighted by molar-refractivity contribution is 5.80. The van der Waals surface area contributed by atoms with Crippen molar-refractivity contribution in [1.29, 1.82) is 0 Å². The molecule has 35 heavy (non-hydrogen) atoms. The van der Waals surface area contributed by atoms with Crippen LogP contribution in [0.4, 0.5) is 0 Å². The topological polar surface area (TPSA) is 121 Å². The Kier molecular flexibility index (Phi) is 7.74. The number of aliphatic hydroxyl groups excluding tert-OH is 2. The van der Waals surface area contributed by atoms with Crippen LogP contribution in [0.1, 0.15) is 24.4 Å². The van der Waals surface area contributed by atoms with Crippen LogP contribution in [0, 0.1) is 0 Å². The lowest BCUT2D eigenvalue weighted by molar-refractivity contribution is 0.0536. The minimum absolute atomic E-state index is 0.0471. The molecule has 0 bridgehead atoms. The summed E-state index contributed by atoms with van der Waals surface area (Å²) in [6, 6.07) is 10.1. The van der Waals surface area contributed by atoms with Crippen molar-refractivity contribution in [1.82, 2.24) is 9.13 Å². The van der Waals surface area contributed by atoms with E-state index in [4.69, 9.17) is 24.1 Å². The van der Waals surface area contributed by atoms with E-state index in [9.17, 15) is 14.7 Å². The van der Waals surface area contributed by atoms with Crippen molar-refractivity contribution in [3.8, 4) is 17.2 Å². The third-order valence-corrected chi connectivity index (χ3v) is 6.14. The van der Waals surface area contributed by atoms with Crippen molar-refractivity contribution >= 4 is 10.9 Å². The average Bonchev–Trinajstić information content (AvgIpc) is 2.90. The predicted octanol–water partition coefficient (Wildman–Crippen LogP) is 1.31. The molecule has 1 aliphatic rings. The van der Waals surface area contributed by atoms with Gasteiger partial charge in [-0.2, -0.15) is 0 Å². The fourth-order valence-electron chi connectivity index (χ4n) is 4.29. The minimum Gasteiger partial charge on any atom is -0.493 e. The Morgan fingerprint density at radius 1 is 1.06 bits per heavy atom. The minimum atomic E-state index is -1.04. The molecule has 0 radical (unpaired) electrons. The Hall–Kier alpha value is -3.34. The Morgan fingerprint density at radius 2 is 1.80 bits per heavy atom. The number of ether oxygens (including phenoxy) is 4. The van der Waals surface area contributed by atoms with Crippen LogP contribution in [-0.2, 0) is 11.3 Å². The van der Waals surface area contributed by atoms with Crippen molar-refractivity contribution in [2.45, 2.75) is 31.5 Å². The van der Waals surface area contributed by atoms with E-state index in [1.807, 2.05) is 0 Å². The van der Waals surface area contributed by atoms with E-state index in [-0.39, 0.29) is 19.2 Å². The first-order chi connectivity index (χ1) is 17.0. The maximum atomic E-state index is 13.7. The van der Waals surface area contributed by atoms with Gasteiger partial charge in [-0.3, -0.25) is 13.9 Å². The monoisotopic (exact) mass is 486 g/mol. The molecule has 10 nitrogen and oxygen atoms in total. The van der Waals surface area contributed by atoms with E-state index < -0.39 is 24.0 Å². The van der Waals surface area contributed by atoms with Gasteiger partial charge in [-0.25, -0.2) is 4.79 Å². The molecule has 0 amide bonds. The number of methoxy groups -OCH3 is 2. The lowest BCUT2D eigenvalue weighted by atomic mass is 10.1. The fraction of sp³-hybridized carbons (Fsp3) is 0.440. The van der Waals surface area contributed by atoms with Gasteiger partial charge >= 0.3 is 5.69 Å². The van der Waals surface area contributed by atoms with Crippen LogP contribution in [0.25, 0.3) is 10.9 Å². The van der Waals surface area contributed by atoms with E-state index in [2.05, 4.69) is 0 Å². The number of aromatic nitrogens is 2. The number of fused-ring (bicyclic) bond motifs is 1. The molecular weight excluding hydrogens is 456 g/mol. The number of nitrogens with zero attached hydrogens (tertiary/aromatic N) is 2. The fourth-order valence-corrected chi connectivity index (χ4v) is 4.29. The van der Waals surface area contributed by atoms with Gasteiger partial charge in [0.2, 0.25) is 0 Å². The number of hydrogen-bond acceptors (Lipinski definition) is 8. The van der Waals surface area contributed by atoms with Gasteiger partial charge in [0.15, 0.2) is 11.5 Å². The first kappa shape index (κ1) is 24.8. The molecule has 1 atom stereocenters. The highest BCUT2D eigenvalue weighted by atomic mass is 16.5. The van der Waals surface area contributed by atoms with Crippen LogP contribution in [-0.4, -0.2) is 66.1 Å². The molecular formula is C25H30N2O8. The van der Waals surface area contributed by atoms with Crippen molar-refractivity contribution in [3.63, 3.8) is 0 Å². The molecule has 1 fully saturated rings. The summed E-state index contributed by atoms with van der Waals surface area (Å²) >= 11 is 0. The molecule has 0 spiro atoms. The number of aliphatic hydroxyl groups is 2. The molecule has 1 unspecified atom stereocenters. The second-order valence-corrected chi connectivity index (χ2v) is 8.40. The first-order valence-electron chi connectivity index (χ1n) is 11.5. The number of hydrogen-bond donors (Lipinski definition) is 2. The van der Waals surface area contributed by atoms with Gasteiger partial charge in [-0.05, 0) is 48.7 Å². The smallest absolute Gasteiger partial charge is 0.332 e. The molecule has 2 N–H and O–H groups in total. The summed E-state index contributed by atoms with van der Waals surface area (Å²) in [6.45, 7) is 0.559. The van der Waals surface area contributed by atoms with Crippen LogP contribution in [0.3, 0.4) is 0 Å². The first-order valence-corrected chi connectivity index (χ1v) is 11.5. The molecule has 1 aromatic heterocycles. The summed E-state index contributed by atoms with van der Waals surface area (Å²) in [4.78, 5) is 27.2. The molecule has 1 saturated heterocycles. The predicted molar refractivity (Wildman–Crippen MR) is 129 cm³/mol. The quantitative estimate of drug-likeness (QED) is 0.465. The zero-order chi connectivity index (χ0) is 24.9. The Balaban J connectivity index is 1.84. The van der Waals surface area contributed by atoms with E-state index in [0.717, 1.165) is 0 Å². The number of benzene rings is 2. The van der Waals surface area contributed by atoms with Crippen LogP contribution >= 0.6 is 0 Å². The van der Waals surface area contributed by atoms with Crippen LogP contribution < -0.4 is 25.5 Å². The third kappa shape index (κ3) is 5.19. The highest BCUT2D eigenvalue weighted by Gasteiger charge is 2.23. The lowest BCUT2D eigenvalue weighted by Gasteiger charge is -2.26. The Morgan fingerprint density at radius 3 is 2.49 bits per heavy atom. The van der Waals surface area contributed by atoms with Crippen molar-refractivity contribution in [3.05, 3.63) is 62.8 Å². The van der Waals surface area contributed by atoms with Crippen LogP contribution in [0.5, 0.6) is 17.2 Å². The summed E-state index contributed by atoms with van der Waals surface area (Å²) in [5, 5.41) is 19.0. The van der Waals surface area contributed by atoms with Crippen molar-refractivity contribution in [2.75, 3.05) is 40.6 Å². The van der Waals surface area contributed by atoms with Gasteiger partial charge < -0.3 is 29.2 Å². The molecule has 2 aromatic carbocycles. The van der Waals surface area contributed by atoms with Crippen LogP contribution in [0.2, 0.25) is 0 Å². The second kappa shape index (κ2) is 10.9. The standard InChI is InChI=1S/C25H30N2O8/c1-32-22-6-3-16(11-23(22)33-2)13-26-24(30)20-12-19(35-15-18(29)14-28)4-5-21(20)27(25(26)31)17-7-9-34-10-8-17/h3-6,11-12,17-18,28-29H,7-10,13-15H2,1-2H3. The van der Waals surface area contributed by atoms with Crippen LogP contribution in [0.15, 0.2) is 46.0 Å². The molecule has 4 rings (SSSR count). The normalized spacial score (nSPS) is 15.2.